The van der Waals surface area contributed by atoms with E-state index < -0.39 is 0 Å². The van der Waals surface area contributed by atoms with Crippen molar-refractivity contribution >= 4 is 6.09 Å². The molecule has 0 bridgehead atoms. The first-order chi connectivity index (χ1) is 13.3. The van der Waals surface area contributed by atoms with Crippen molar-refractivity contribution in [2.24, 2.45) is 0 Å². The third kappa shape index (κ3) is 5.57. The molecule has 0 unspecified atom stereocenters. The molecule has 144 valence electrons. The molecule has 1 aliphatic rings. The lowest BCUT2D eigenvalue weighted by Crippen LogP contribution is -2.49. The Bertz CT molecular complexity index is 643. The molecular weight excluding hydrogens is 336 g/mol. The number of unbranched alkanes of at least 4 members (excludes halogenated alkanes) is 2. The van der Waals surface area contributed by atoms with Crippen molar-refractivity contribution in [3.63, 3.8) is 0 Å². The Morgan fingerprint density at radius 2 is 1.44 bits per heavy atom. The summed E-state index contributed by atoms with van der Waals surface area (Å²) in [6.07, 6.45) is 3.17. The minimum absolute atomic E-state index is 0.221. The molecule has 0 spiro atoms. The number of ether oxygens (including phenoxy) is 1. The highest BCUT2D eigenvalue weighted by Gasteiger charge is 2.26. The van der Waals surface area contributed by atoms with Gasteiger partial charge in [0.1, 0.15) is 0 Å². The van der Waals surface area contributed by atoms with Crippen LogP contribution in [-0.4, -0.2) is 48.6 Å². The number of nitrogens with zero attached hydrogens (tertiary/aromatic N) is 2. The number of carbonyl (C=O) groups is 1. The summed E-state index contributed by atoms with van der Waals surface area (Å²) in [5.74, 6) is 0. The summed E-state index contributed by atoms with van der Waals surface area (Å²) in [5.41, 5.74) is 1.99. The molecule has 1 heterocycles. The fourth-order valence-electron chi connectivity index (χ4n) is 3.50. The van der Waals surface area contributed by atoms with E-state index in [0.29, 0.717) is 0 Å². The number of amides is 1. The standard InChI is InChI=1S/C23H30N2O2/c1-2-3-10-15-24-16-18-25(19-17-24)23(26)27-22(20-11-6-4-7-12-20)21-13-8-5-9-14-21/h4-9,11-14,22H,2-3,10,15-19H2,1H3. The summed E-state index contributed by atoms with van der Waals surface area (Å²) in [6, 6.07) is 19.9. The minimum atomic E-state index is -0.373. The van der Waals surface area contributed by atoms with Gasteiger partial charge in [-0.15, -0.1) is 0 Å². The van der Waals surface area contributed by atoms with Gasteiger partial charge >= 0.3 is 6.09 Å². The largest absolute Gasteiger partial charge is 0.436 e. The molecule has 4 nitrogen and oxygen atoms in total. The highest BCUT2D eigenvalue weighted by molar-refractivity contribution is 5.68. The number of benzene rings is 2. The monoisotopic (exact) mass is 366 g/mol. The average molecular weight is 367 g/mol. The zero-order chi connectivity index (χ0) is 18.9. The molecule has 0 atom stereocenters. The molecule has 0 aliphatic carbocycles. The molecule has 1 fully saturated rings. The number of carbonyl (C=O) groups excluding carboxylic acids is 1. The first-order valence-corrected chi connectivity index (χ1v) is 10.1. The number of piperazine rings is 1. The van der Waals surface area contributed by atoms with Crippen LogP contribution < -0.4 is 0 Å². The summed E-state index contributed by atoms with van der Waals surface area (Å²) >= 11 is 0. The predicted octanol–water partition coefficient (Wildman–Crippen LogP) is 4.72. The second-order valence-corrected chi connectivity index (χ2v) is 7.12. The van der Waals surface area contributed by atoms with Gasteiger partial charge in [0.15, 0.2) is 6.10 Å². The van der Waals surface area contributed by atoms with Gasteiger partial charge < -0.3 is 9.64 Å². The van der Waals surface area contributed by atoms with E-state index in [1.165, 1.54) is 19.3 Å². The topological polar surface area (TPSA) is 32.8 Å². The van der Waals surface area contributed by atoms with Crippen LogP contribution in [0.5, 0.6) is 0 Å². The minimum Gasteiger partial charge on any atom is -0.436 e. The fourth-order valence-corrected chi connectivity index (χ4v) is 3.50. The Morgan fingerprint density at radius 3 is 1.96 bits per heavy atom. The average Bonchev–Trinajstić information content (AvgIpc) is 2.74. The van der Waals surface area contributed by atoms with Gasteiger partial charge in [0.25, 0.3) is 0 Å². The second-order valence-electron chi connectivity index (χ2n) is 7.12. The predicted molar refractivity (Wildman–Crippen MR) is 109 cm³/mol. The molecule has 0 saturated carbocycles. The molecule has 0 N–H and O–H groups in total. The lowest BCUT2D eigenvalue weighted by molar-refractivity contribution is 0.0571. The molecule has 4 heteroatoms. The molecule has 3 rings (SSSR count). The normalized spacial score (nSPS) is 15.1. The summed E-state index contributed by atoms with van der Waals surface area (Å²) < 4.78 is 5.96. The van der Waals surface area contributed by atoms with Crippen LogP contribution in [0.1, 0.15) is 43.4 Å². The number of hydrogen-bond acceptors (Lipinski definition) is 3. The van der Waals surface area contributed by atoms with Crippen LogP contribution in [0.25, 0.3) is 0 Å². The smallest absolute Gasteiger partial charge is 0.410 e. The van der Waals surface area contributed by atoms with E-state index in [1.807, 2.05) is 65.6 Å². The van der Waals surface area contributed by atoms with Crippen LogP contribution in [-0.2, 0) is 4.74 Å². The Hall–Kier alpha value is -2.33. The molecule has 2 aromatic carbocycles. The van der Waals surface area contributed by atoms with Gasteiger partial charge in [-0.1, -0.05) is 80.4 Å². The van der Waals surface area contributed by atoms with E-state index >= 15 is 0 Å². The van der Waals surface area contributed by atoms with Crippen LogP contribution in [0.15, 0.2) is 60.7 Å². The van der Waals surface area contributed by atoms with Crippen molar-refractivity contribution in [3.8, 4) is 0 Å². The van der Waals surface area contributed by atoms with E-state index in [9.17, 15) is 4.79 Å². The molecule has 2 aromatic rings. The first kappa shape index (κ1) is 19.4. The van der Waals surface area contributed by atoms with Crippen molar-refractivity contribution in [3.05, 3.63) is 71.8 Å². The summed E-state index contributed by atoms with van der Waals surface area (Å²) in [7, 11) is 0. The van der Waals surface area contributed by atoms with E-state index in [0.717, 1.165) is 43.9 Å². The van der Waals surface area contributed by atoms with Crippen molar-refractivity contribution < 1.29 is 9.53 Å². The van der Waals surface area contributed by atoms with Crippen LogP contribution in [0.2, 0.25) is 0 Å². The Balaban J connectivity index is 1.61. The Morgan fingerprint density at radius 1 is 0.889 bits per heavy atom. The van der Waals surface area contributed by atoms with E-state index in [1.54, 1.807) is 0 Å². The highest BCUT2D eigenvalue weighted by atomic mass is 16.6. The Kier molecular flexibility index (Phi) is 7.28. The quantitative estimate of drug-likeness (QED) is 0.665. The van der Waals surface area contributed by atoms with E-state index in [-0.39, 0.29) is 12.2 Å². The molecular formula is C23H30N2O2. The van der Waals surface area contributed by atoms with E-state index in [4.69, 9.17) is 4.74 Å². The Labute approximate surface area is 162 Å². The lowest BCUT2D eigenvalue weighted by atomic mass is 10.0. The second kappa shape index (κ2) is 10.1. The number of hydrogen-bond donors (Lipinski definition) is 0. The summed E-state index contributed by atoms with van der Waals surface area (Å²) in [6.45, 7) is 6.69. The van der Waals surface area contributed by atoms with Crippen molar-refractivity contribution in [2.45, 2.75) is 32.3 Å². The molecule has 1 amide bonds. The maximum Gasteiger partial charge on any atom is 0.410 e. The lowest BCUT2D eigenvalue weighted by Gasteiger charge is -2.35. The fraction of sp³-hybridized carbons (Fsp3) is 0.435. The first-order valence-electron chi connectivity index (χ1n) is 10.1. The van der Waals surface area contributed by atoms with Crippen molar-refractivity contribution in [2.75, 3.05) is 32.7 Å². The zero-order valence-corrected chi connectivity index (χ0v) is 16.2. The van der Waals surface area contributed by atoms with Crippen LogP contribution in [0.4, 0.5) is 4.79 Å². The molecule has 1 aliphatic heterocycles. The SMILES string of the molecule is CCCCCN1CCN(C(=O)OC(c2ccccc2)c2ccccc2)CC1. The maximum atomic E-state index is 12.8. The van der Waals surface area contributed by atoms with Crippen molar-refractivity contribution in [1.29, 1.82) is 0 Å². The van der Waals surface area contributed by atoms with Crippen LogP contribution in [0.3, 0.4) is 0 Å². The number of rotatable bonds is 7. The van der Waals surface area contributed by atoms with Gasteiger partial charge in [-0.05, 0) is 24.1 Å². The summed E-state index contributed by atoms with van der Waals surface area (Å²) in [5, 5.41) is 0. The highest BCUT2D eigenvalue weighted by Crippen LogP contribution is 2.26. The molecule has 0 aromatic heterocycles. The van der Waals surface area contributed by atoms with Gasteiger partial charge in [0, 0.05) is 26.2 Å². The third-order valence-electron chi connectivity index (χ3n) is 5.13. The van der Waals surface area contributed by atoms with Gasteiger partial charge in [0.2, 0.25) is 0 Å². The van der Waals surface area contributed by atoms with E-state index in [2.05, 4.69) is 11.8 Å². The van der Waals surface area contributed by atoms with Crippen LogP contribution >= 0.6 is 0 Å². The van der Waals surface area contributed by atoms with Gasteiger partial charge in [-0.2, -0.15) is 0 Å². The third-order valence-corrected chi connectivity index (χ3v) is 5.13. The molecule has 0 radical (unpaired) electrons. The van der Waals surface area contributed by atoms with Gasteiger partial charge in [0.05, 0.1) is 0 Å². The van der Waals surface area contributed by atoms with Gasteiger partial charge in [-0.25, -0.2) is 4.79 Å². The molecule has 1 saturated heterocycles. The van der Waals surface area contributed by atoms with Crippen LogP contribution in [0, 0.1) is 0 Å². The zero-order valence-electron chi connectivity index (χ0n) is 16.2. The van der Waals surface area contributed by atoms with Gasteiger partial charge in [-0.3, -0.25) is 4.90 Å². The molecule has 27 heavy (non-hydrogen) atoms. The van der Waals surface area contributed by atoms with Crippen molar-refractivity contribution in [1.82, 2.24) is 9.80 Å². The maximum absolute atomic E-state index is 12.8. The summed E-state index contributed by atoms with van der Waals surface area (Å²) in [4.78, 5) is 17.1.